The molecule has 5 rings (SSSR count). The fraction of sp³-hybridized carbons (Fsp3) is 0.429. The molecule has 11 nitrogen and oxygen atoms in total. The van der Waals surface area contributed by atoms with Crippen LogP contribution in [-0.4, -0.2) is 65.7 Å². The number of ether oxygens (including phenoxy) is 1. The van der Waals surface area contributed by atoms with Gasteiger partial charge in [0, 0.05) is 36.2 Å². The second-order valence-electron chi connectivity index (χ2n) is 13.9. The Kier molecular flexibility index (Phi) is 10.3. The molecule has 2 aromatic carbocycles. The lowest BCUT2D eigenvalue weighted by Crippen LogP contribution is -2.48. The van der Waals surface area contributed by atoms with E-state index in [2.05, 4.69) is 20.2 Å². The Bertz CT molecular complexity index is 1940. The number of halogens is 5. The van der Waals surface area contributed by atoms with E-state index in [1.165, 1.54) is 44.2 Å². The number of carbonyl (C=O) groups is 2. The van der Waals surface area contributed by atoms with Crippen LogP contribution in [0.3, 0.4) is 0 Å². The Morgan fingerprint density at radius 1 is 1.06 bits per heavy atom. The number of benzene rings is 2. The summed E-state index contributed by atoms with van der Waals surface area (Å²) in [4.78, 5) is 37.9. The Hall–Kier alpha value is -4.79. The van der Waals surface area contributed by atoms with Crippen molar-refractivity contribution in [1.29, 1.82) is 0 Å². The number of hydrogen-bond acceptors (Lipinski definition) is 8. The highest BCUT2D eigenvalue weighted by atomic mass is 35.5. The predicted octanol–water partition coefficient (Wildman–Crippen LogP) is 6.94. The minimum absolute atomic E-state index is 0.248. The molecule has 3 atom stereocenters. The molecule has 0 fully saturated rings. The maximum absolute atomic E-state index is 15.6. The van der Waals surface area contributed by atoms with Crippen LogP contribution in [0.4, 0.5) is 17.6 Å². The number of guanidine groups is 1. The first-order valence-electron chi connectivity index (χ1n) is 16.1. The van der Waals surface area contributed by atoms with Crippen LogP contribution in [0.1, 0.15) is 71.2 Å². The van der Waals surface area contributed by atoms with Crippen LogP contribution < -0.4 is 5.73 Å². The van der Waals surface area contributed by atoms with Crippen molar-refractivity contribution in [3.8, 4) is 22.5 Å². The van der Waals surface area contributed by atoms with Gasteiger partial charge in [-0.1, -0.05) is 55.8 Å². The summed E-state index contributed by atoms with van der Waals surface area (Å²) in [6, 6.07) is 10.1. The molecule has 2 N–H and O–H groups in total. The zero-order valence-electron chi connectivity index (χ0n) is 28.9. The molecule has 2 aromatic heterocycles. The van der Waals surface area contributed by atoms with Crippen LogP contribution in [0.5, 0.6) is 0 Å². The van der Waals surface area contributed by atoms with Crippen LogP contribution in [0.15, 0.2) is 66.2 Å². The summed E-state index contributed by atoms with van der Waals surface area (Å²) in [5.41, 5.74) is 3.82. The quantitative estimate of drug-likeness (QED) is 0.116. The van der Waals surface area contributed by atoms with E-state index in [9.17, 15) is 22.8 Å². The fourth-order valence-electron chi connectivity index (χ4n) is 5.96. The van der Waals surface area contributed by atoms with Crippen molar-refractivity contribution >= 4 is 29.4 Å². The van der Waals surface area contributed by atoms with Crippen molar-refractivity contribution in [2.24, 2.45) is 23.2 Å². The second kappa shape index (κ2) is 14.1. The highest BCUT2D eigenvalue weighted by Crippen LogP contribution is 2.44. The molecule has 0 aliphatic carbocycles. The number of alkyl halides is 4. The van der Waals surface area contributed by atoms with Gasteiger partial charge in [0.15, 0.2) is 17.3 Å². The van der Waals surface area contributed by atoms with Gasteiger partial charge >= 0.3 is 12.5 Å². The summed E-state index contributed by atoms with van der Waals surface area (Å²) in [7, 11) is 1.68. The molecule has 0 saturated carbocycles. The van der Waals surface area contributed by atoms with E-state index in [1.54, 1.807) is 63.4 Å². The van der Waals surface area contributed by atoms with Crippen LogP contribution in [0, 0.1) is 5.41 Å². The third kappa shape index (κ3) is 7.77. The van der Waals surface area contributed by atoms with Crippen molar-refractivity contribution in [1.82, 2.24) is 29.4 Å². The molecule has 0 spiro atoms. The molecule has 272 valence electrons. The van der Waals surface area contributed by atoms with E-state index in [-0.39, 0.29) is 12.4 Å². The van der Waals surface area contributed by atoms with Gasteiger partial charge in [-0.15, -0.1) is 0 Å². The number of esters is 1. The first-order chi connectivity index (χ1) is 23.8. The Morgan fingerprint density at radius 2 is 1.75 bits per heavy atom. The molecular formula is C35H39ClF4N8O3. The second-order valence-corrected chi connectivity index (χ2v) is 14.3. The van der Waals surface area contributed by atoms with Crippen LogP contribution in [0.25, 0.3) is 22.5 Å². The van der Waals surface area contributed by atoms with E-state index in [0.29, 0.717) is 43.3 Å². The monoisotopic (exact) mass is 730 g/mol. The number of rotatable bonds is 13. The standard InChI is InChI=1S/C35H39ClF4N8O3/c1-20(37)33(2,3)14-28(49)51-17-27(22-9-12-26(36)25(13-22)29-42-19-44-46(29)6)48-30(50)35(45-32(48)41,18-34(4,5)40)24-10-7-21(8-11-24)23-15-43-47(16-23)31(38)39/h7-13,15-16,19-20,27,31H,14,17-18H2,1-6H3,(H2,41,45)/t20?,27-,35-/m1/s1. The highest BCUT2D eigenvalue weighted by molar-refractivity contribution is 6.33. The average Bonchev–Trinajstić information content (AvgIpc) is 3.76. The lowest BCUT2D eigenvalue weighted by molar-refractivity contribution is -0.150. The Morgan fingerprint density at radius 3 is 2.31 bits per heavy atom. The topological polar surface area (TPSA) is 134 Å². The summed E-state index contributed by atoms with van der Waals surface area (Å²) < 4.78 is 63.9. The number of aliphatic imine (C=N–C) groups is 1. The number of aryl methyl sites for hydroxylation is 1. The molecular weight excluding hydrogens is 692 g/mol. The van der Waals surface area contributed by atoms with Gasteiger partial charge in [-0.2, -0.15) is 19.0 Å². The van der Waals surface area contributed by atoms with Crippen molar-refractivity contribution in [3.63, 3.8) is 0 Å². The maximum atomic E-state index is 15.6. The number of amides is 1. The predicted molar refractivity (Wildman–Crippen MR) is 183 cm³/mol. The first-order valence-corrected chi connectivity index (χ1v) is 16.5. The van der Waals surface area contributed by atoms with Crippen molar-refractivity contribution in [3.05, 3.63) is 77.3 Å². The molecule has 1 aliphatic heterocycles. The smallest absolute Gasteiger partial charge is 0.333 e. The molecule has 1 aliphatic rings. The van der Waals surface area contributed by atoms with Gasteiger partial charge in [0.05, 0.1) is 23.7 Å². The van der Waals surface area contributed by atoms with Gasteiger partial charge in [0.2, 0.25) is 0 Å². The van der Waals surface area contributed by atoms with Gasteiger partial charge in [-0.25, -0.2) is 28.1 Å². The molecule has 0 radical (unpaired) electrons. The molecule has 4 aromatic rings. The van der Waals surface area contributed by atoms with E-state index >= 15 is 4.39 Å². The summed E-state index contributed by atoms with van der Waals surface area (Å²) >= 11 is 6.57. The van der Waals surface area contributed by atoms with Crippen molar-refractivity contribution < 1.29 is 31.9 Å². The highest BCUT2D eigenvalue weighted by Gasteiger charge is 2.54. The van der Waals surface area contributed by atoms with Crippen molar-refractivity contribution in [2.75, 3.05) is 6.61 Å². The third-order valence-electron chi connectivity index (χ3n) is 9.02. The SMILES string of the molecule is CC(F)C(C)(C)CC(=O)OC[C@H](c1ccc(Cl)c(-c2ncnn2C)c1)N1C(=O)[C@@](CC(C)(C)F)(c2ccc(-c3cnn(C(F)F)c3)cc2)N=C1N. The summed E-state index contributed by atoms with van der Waals surface area (Å²) in [5, 5.41) is 8.11. The Balaban J connectivity index is 1.57. The van der Waals surface area contributed by atoms with E-state index in [1.807, 2.05) is 0 Å². The molecule has 51 heavy (non-hydrogen) atoms. The number of nitrogens with zero attached hydrogens (tertiary/aromatic N) is 7. The van der Waals surface area contributed by atoms with Crippen LogP contribution >= 0.6 is 11.6 Å². The van der Waals surface area contributed by atoms with Gasteiger partial charge in [0.1, 0.15) is 24.8 Å². The molecule has 16 heteroatoms. The molecule has 1 unspecified atom stereocenters. The van der Waals surface area contributed by atoms with Gasteiger partial charge in [-0.3, -0.25) is 14.5 Å². The largest absolute Gasteiger partial charge is 0.463 e. The molecule has 1 amide bonds. The summed E-state index contributed by atoms with van der Waals surface area (Å²) in [6.07, 6.45) is 1.83. The van der Waals surface area contributed by atoms with E-state index in [0.717, 1.165) is 4.90 Å². The van der Waals surface area contributed by atoms with Gasteiger partial charge < -0.3 is 10.5 Å². The Labute approximate surface area is 297 Å². The molecule has 0 bridgehead atoms. The molecule has 3 heterocycles. The van der Waals surface area contributed by atoms with E-state index < -0.39 is 60.3 Å². The number of aromatic nitrogens is 5. The normalized spacial score (nSPS) is 17.9. The van der Waals surface area contributed by atoms with Crippen LogP contribution in [-0.2, 0) is 26.9 Å². The average molecular weight is 731 g/mol. The first kappa shape index (κ1) is 37.5. The van der Waals surface area contributed by atoms with Crippen LogP contribution in [0.2, 0.25) is 5.02 Å². The summed E-state index contributed by atoms with van der Waals surface area (Å²) in [5.74, 6) is -1.25. The van der Waals surface area contributed by atoms with Gasteiger partial charge in [-0.05, 0) is 49.6 Å². The summed E-state index contributed by atoms with van der Waals surface area (Å²) in [6.45, 7) is 3.93. The lowest BCUT2D eigenvalue weighted by Gasteiger charge is -2.34. The lowest BCUT2D eigenvalue weighted by atomic mass is 9.80. The molecule has 0 saturated heterocycles. The third-order valence-corrected chi connectivity index (χ3v) is 9.35. The number of hydrogen-bond donors (Lipinski definition) is 1. The number of carbonyl (C=O) groups excluding carboxylic acids is 2. The zero-order chi connectivity index (χ0) is 37.5. The minimum Gasteiger partial charge on any atom is -0.463 e. The minimum atomic E-state index is -2.82. The van der Waals surface area contributed by atoms with E-state index in [4.69, 9.17) is 22.1 Å². The van der Waals surface area contributed by atoms with Gasteiger partial charge in [0.25, 0.3) is 5.91 Å². The fourth-order valence-corrected chi connectivity index (χ4v) is 6.17. The number of nitrogens with two attached hydrogens (primary N) is 1. The van der Waals surface area contributed by atoms with Crippen molar-refractivity contribution in [2.45, 2.75) is 77.4 Å². The maximum Gasteiger partial charge on any atom is 0.333 e. The zero-order valence-corrected chi connectivity index (χ0v) is 29.7.